The van der Waals surface area contributed by atoms with Crippen LogP contribution < -0.4 is 0 Å². The number of carbonyl (C=O) groups is 1. The van der Waals surface area contributed by atoms with Crippen LogP contribution in [0.3, 0.4) is 0 Å². The van der Waals surface area contributed by atoms with E-state index in [4.69, 9.17) is 4.42 Å². The van der Waals surface area contributed by atoms with Gasteiger partial charge in [0, 0.05) is 58.2 Å². The van der Waals surface area contributed by atoms with Gasteiger partial charge >= 0.3 is 0 Å². The summed E-state index contributed by atoms with van der Waals surface area (Å²) in [6.07, 6.45) is 3.45. The van der Waals surface area contributed by atoms with E-state index in [1.165, 1.54) is 12.8 Å². The summed E-state index contributed by atoms with van der Waals surface area (Å²) in [7, 11) is 0. The van der Waals surface area contributed by atoms with E-state index in [1.54, 1.807) is 6.92 Å². The molecule has 2 aliphatic heterocycles. The van der Waals surface area contributed by atoms with Gasteiger partial charge in [0.15, 0.2) is 0 Å². The third kappa shape index (κ3) is 3.87. The molecule has 1 amide bonds. The smallest absolute Gasteiger partial charge is 0.230 e. The van der Waals surface area contributed by atoms with E-state index in [9.17, 15) is 4.79 Å². The van der Waals surface area contributed by atoms with Crippen LogP contribution in [0.25, 0.3) is 0 Å². The Morgan fingerprint density at radius 3 is 2.76 bits per heavy atom. The SMILES string of the molecule is CC(=O)N1CCCN([C@H]2CN(Cc3nnc(C4CC4)o3)C[C@H]2C)CC1. The number of likely N-dealkylation sites (tertiary alicyclic amines) is 1. The van der Waals surface area contributed by atoms with Crippen molar-refractivity contribution in [2.75, 3.05) is 39.3 Å². The van der Waals surface area contributed by atoms with E-state index in [0.717, 1.165) is 64.0 Å². The second kappa shape index (κ2) is 7.03. The van der Waals surface area contributed by atoms with E-state index in [-0.39, 0.29) is 5.91 Å². The lowest BCUT2D eigenvalue weighted by Crippen LogP contribution is -2.42. The van der Waals surface area contributed by atoms with Gasteiger partial charge < -0.3 is 9.32 Å². The van der Waals surface area contributed by atoms with E-state index in [1.807, 2.05) is 4.90 Å². The summed E-state index contributed by atoms with van der Waals surface area (Å²) in [5.74, 6) is 2.93. The molecule has 4 rings (SSSR count). The average Bonchev–Trinajstić information content (AvgIpc) is 3.29. The average molecular weight is 347 g/mol. The van der Waals surface area contributed by atoms with E-state index in [2.05, 4.69) is 26.9 Å². The molecule has 0 spiro atoms. The molecule has 3 aliphatic rings. The second-order valence-corrected chi connectivity index (χ2v) is 7.94. The van der Waals surface area contributed by atoms with E-state index >= 15 is 0 Å². The van der Waals surface area contributed by atoms with Crippen LogP contribution in [0.2, 0.25) is 0 Å². The molecule has 0 unspecified atom stereocenters. The van der Waals surface area contributed by atoms with Gasteiger partial charge in [-0.3, -0.25) is 14.6 Å². The molecule has 7 heteroatoms. The molecule has 0 radical (unpaired) electrons. The lowest BCUT2D eigenvalue weighted by atomic mass is 10.0. The maximum atomic E-state index is 11.6. The summed E-state index contributed by atoms with van der Waals surface area (Å²) < 4.78 is 5.82. The maximum absolute atomic E-state index is 11.6. The summed E-state index contributed by atoms with van der Waals surface area (Å²) in [5.41, 5.74) is 0. The van der Waals surface area contributed by atoms with Gasteiger partial charge in [-0.1, -0.05) is 6.92 Å². The summed E-state index contributed by atoms with van der Waals surface area (Å²) >= 11 is 0. The second-order valence-electron chi connectivity index (χ2n) is 7.94. The number of amides is 1. The molecule has 0 aromatic carbocycles. The molecule has 7 nitrogen and oxygen atoms in total. The zero-order chi connectivity index (χ0) is 17.4. The Morgan fingerprint density at radius 1 is 1.16 bits per heavy atom. The standard InChI is InChI=1S/C18H29N5O2/c1-13-10-21(12-17-19-20-18(25-17)15-4-5-15)11-16(13)23-7-3-6-22(8-9-23)14(2)24/h13,15-16H,3-12H2,1-2H3/t13-,16+/m1/s1. The highest BCUT2D eigenvalue weighted by atomic mass is 16.4. The Kier molecular flexibility index (Phi) is 4.78. The summed E-state index contributed by atoms with van der Waals surface area (Å²) in [5, 5.41) is 8.43. The molecular formula is C18H29N5O2. The zero-order valence-electron chi connectivity index (χ0n) is 15.4. The van der Waals surface area contributed by atoms with Crippen molar-refractivity contribution < 1.29 is 9.21 Å². The van der Waals surface area contributed by atoms with Crippen LogP contribution in [0.1, 0.15) is 50.8 Å². The summed E-state index contributed by atoms with van der Waals surface area (Å²) in [6.45, 7) is 10.7. The third-order valence-corrected chi connectivity index (χ3v) is 5.86. The minimum atomic E-state index is 0.200. The van der Waals surface area contributed by atoms with Crippen molar-refractivity contribution >= 4 is 5.91 Å². The molecule has 25 heavy (non-hydrogen) atoms. The highest BCUT2D eigenvalue weighted by molar-refractivity contribution is 5.73. The topological polar surface area (TPSA) is 65.7 Å². The van der Waals surface area contributed by atoms with Gasteiger partial charge in [-0.2, -0.15) is 0 Å². The van der Waals surface area contributed by atoms with Crippen LogP contribution in [0.15, 0.2) is 4.42 Å². The van der Waals surface area contributed by atoms with Gasteiger partial charge in [0.25, 0.3) is 0 Å². The van der Waals surface area contributed by atoms with Crippen LogP contribution >= 0.6 is 0 Å². The molecule has 2 atom stereocenters. The monoisotopic (exact) mass is 347 g/mol. The van der Waals surface area contributed by atoms with Gasteiger partial charge in [-0.15, -0.1) is 10.2 Å². The number of nitrogens with zero attached hydrogens (tertiary/aromatic N) is 5. The lowest BCUT2D eigenvalue weighted by Gasteiger charge is -2.30. The minimum absolute atomic E-state index is 0.200. The largest absolute Gasteiger partial charge is 0.424 e. The van der Waals surface area contributed by atoms with Crippen LogP contribution in [-0.4, -0.2) is 76.1 Å². The van der Waals surface area contributed by atoms with Gasteiger partial charge in [0.2, 0.25) is 17.7 Å². The zero-order valence-corrected chi connectivity index (χ0v) is 15.4. The fourth-order valence-corrected chi connectivity index (χ4v) is 4.25. The summed E-state index contributed by atoms with van der Waals surface area (Å²) in [6, 6.07) is 0.553. The first-order valence-corrected chi connectivity index (χ1v) is 9.64. The highest BCUT2D eigenvalue weighted by Gasteiger charge is 2.36. The van der Waals surface area contributed by atoms with Crippen molar-refractivity contribution in [2.45, 2.75) is 51.6 Å². The molecule has 1 aromatic heterocycles. The van der Waals surface area contributed by atoms with Crippen molar-refractivity contribution in [3.05, 3.63) is 11.8 Å². The van der Waals surface area contributed by atoms with E-state index < -0.39 is 0 Å². The molecule has 0 N–H and O–H groups in total. The fourth-order valence-electron chi connectivity index (χ4n) is 4.25. The molecule has 3 fully saturated rings. The Hall–Kier alpha value is -1.47. The maximum Gasteiger partial charge on any atom is 0.230 e. The fraction of sp³-hybridized carbons (Fsp3) is 0.833. The lowest BCUT2D eigenvalue weighted by molar-refractivity contribution is -0.128. The van der Waals surface area contributed by atoms with Crippen molar-refractivity contribution in [3.63, 3.8) is 0 Å². The number of carbonyl (C=O) groups excluding carboxylic acids is 1. The van der Waals surface area contributed by atoms with Gasteiger partial charge in [0.1, 0.15) is 0 Å². The molecule has 1 saturated carbocycles. The quantitative estimate of drug-likeness (QED) is 0.818. The predicted molar refractivity (Wildman–Crippen MR) is 92.9 cm³/mol. The van der Waals surface area contributed by atoms with Crippen molar-refractivity contribution in [3.8, 4) is 0 Å². The Labute approximate surface area is 149 Å². The first kappa shape index (κ1) is 17.0. The number of hydrogen-bond acceptors (Lipinski definition) is 6. The molecule has 1 aliphatic carbocycles. The Bertz CT molecular complexity index is 614. The predicted octanol–water partition coefficient (Wildman–Crippen LogP) is 1.32. The van der Waals surface area contributed by atoms with Gasteiger partial charge in [-0.25, -0.2) is 0 Å². The van der Waals surface area contributed by atoms with Crippen molar-refractivity contribution in [2.24, 2.45) is 5.92 Å². The molecule has 3 heterocycles. The number of hydrogen-bond donors (Lipinski definition) is 0. The number of aromatic nitrogens is 2. The summed E-state index contributed by atoms with van der Waals surface area (Å²) in [4.78, 5) is 18.6. The van der Waals surface area contributed by atoms with E-state index in [0.29, 0.717) is 17.9 Å². The molecular weight excluding hydrogens is 318 g/mol. The molecule has 2 saturated heterocycles. The van der Waals surface area contributed by atoms with Crippen LogP contribution in [0.5, 0.6) is 0 Å². The first-order valence-electron chi connectivity index (χ1n) is 9.64. The van der Waals surface area contributed by atoms with Gasteiger partial charge in [0.05, 0.1) is 6.54 Å². The molecule has 138 valence electrons. The van der Waals surface area contributed by atoms with Crippen LogP contribution in [0, 0.1) is 5.92 Å². The first-order chi connectivity index (χ1) is 12.1. The minimum Gasteiger partial charge on any atom is -0.424 e. The number of rotatable bonds is 4. The molecule has 0 bridgehead atoms. The Balaban J connectivity index is 1.33. The normalized spacial score (nSPS) is 29.1. The highest BCUT2D eigenvalue weighted by Crippen LogP contribution is 2.39. The Morgan fingerprint density at radius 2 is 2.00 bits per heavy atom. The van der Waals surface area contributed by atoms with Crippen molar-refractivity contribution in [1.29, 1.82) is 0 Å². The third-order valence-electron chi connectivity index (χ3n) is 5.86. The van der Waals surface area contributed by atoms with Crippen molar-refractivity contribution in [1.82, 2.24) is 24.9 Å². The van der Waals surface area contributed by atoms with Crippen LogP contribution in [0.4, 0.5) is 0 Å². The van der Waals surface area contributed by atoms with Crippen LogP contribution in [-0.2, 0) is 11.3 Å². The molecule has 1 aromatic rings. The van der Waals surface area contributed by atoms with Gasteiger partial charge in [-0.05, 0) is 25.2 Å².